The van der Waals surface area contributed by atoms with Crippen LogP contribution in [0.1, 0.15) is 12.5 Å². The van der Waals surface area contributed by atoms with E-state index >= 15 is 0 Å². The van der Waals surface area contributed by atoms with Gasteiger partial charge in [0.15, 0.2) is 9.84 Å². The summed E-state index contributed by atoms with van der Waals surface area (Å²) < 4.78 is 23.4. The normalized spacial score (nSPS) is 13.4. The van der Waals surface area contributed by atoms with Gasteiger partial charge in [0.1, 0.15) is 5.25 Å². The summed E-state index contributed by atoms with van der Waals surface area (Å²) in [5.41, 5.74) is 5.50. The Balaban J connectivity index is 2.93. The highest BCUT2D eigenvalue weighted by molar-refractivity contribution is 7.92. The maximum atomic E-state index is 11.7. The zero-order valence-corrected chi connectivity index (χ0v) is 10.3. The number of sulfone groups is 1. The molecule has 1 amide bonds. The summed E-state index contributed by atoms with van der Waals surface area (Å²) in [5, 5.41) is -0.731. The standard InChI is InChI=1S/C10H12ClNO3S/c1-7(10(12)13)16(14,15)6-8-3-2-4-9(11)5-8/h2-5,7H,6H2,1H3,(H2,12,13)/t7-/m1/s1. The van der Waals surface area contributed by atoms with Gasteiger partial charge in [0.05, 0.1) is 5.75 Å². The SMILES string of the molecule is C[C@H](C(N)=O)S(=O)(=O)Cc1cccc(Cl)c1. The van der Waals surface area contributed by atoms with Crippen LogP contribution in [0.5, 0.6) is 0 Å². The molecular formula is C10H12ClNO3S. The van der Waals surface area contributed by atoms with Gasteiger partial charge in [0.25, 0.3) is 0 Å². The average molecular weight is 262 g/mol. The van der Waals surface area contributed by atoms with Crippen molar-refractivity contribution in [3.8, 4) is 0 Å². The molecule has 0 saturated carbocycles. The van der Waals surface area contributed by atoms with E-state index in [4.69, 9.17) is 17.3 Å². The Bertz CT molecular complexity index is 499. The molecule has 0 spiro atoms. The molecule has 1 atom stereocenters. The third-order valence-electron chi connectivity index (χ3n) is 2.20. The Hall–Kier alpha value is -1.07. The fourth-order valence-electron chi connectivity index (χ4n) is 1.16. The van der Waals surface area contributed by atoms with Gasteiger partial charge in [-0.05, 0) is 24.6 Å². The van der Waals surface area contributed by atoms with Crippen molar-refractivity contribution in [2.24, 2.45) is 5.73 Å². The second-order valence-corrected chi connectivity index (χ2v) is 6.24. The number of amides is 1. The Labute approximate surface area is 99.3 Å². The fraction of sp³-hybridized carbons (Fsp3) is 0.300. The van der Waals surface area contributed by atoms with Crippen molar-refractivity contribution in [2.75, 3.05) is 0 Å². The fourth-order valence-corrected chi connectivity index (χ4v) is 2.62. The predicted octanol–water partition coefficient (Wildman–Crippen LogP) is 1.13. The lowest BCUT2D eigenvalue weighted by Gasteiger charge is -2.09. The Morgan fingerprint density at radius 2 is 2.12 bits per heavy atom. The van der Waals surface area contributed by atoms with Crippen LogP contribution in [0.2, 0.25) is 5.02 Å². The quantitative estimate of drug-likeness (QED) is 0.883. The van der Waals surface area contributed by atoms with Gasteiger partial charge in [-0.25, -0.2) is 8.42 Å². The van der Waals surface area contributed by atoms with Gasteiger partial charge in [0, 0.05) is 5.02 Å². The molecular weight excluding hydrogens is 250 g/mol. The van der Waals surface area contributed by atoms with Gasteiger partial charge in [-0.15, -0.1) is 0 Å². The van der Waals surface area contributed by atoms with E-state index in [1.165, 1.54) is 6.92 Å². The van der Waals surface area contributed by atoms with Crippen LogP contribution >= 0.6 is 11.6 Å². The first-order chi connectivity index (χ1) is 7.33. The van der Waals surface area contributed by atoms with Crippen LogP contribution in [0.25, 0.3) is 0 Å². The summed E-state index contributed by atoms with van der Waals surface area (Å²) in [7, 11) is -3.56. The summed E-state index contributed by atoms with van der Waals surface area (Å²) in [6.07, 6.45) is 0. The zero-order chi connectivity index (χ0) is 12.3. The summed E-state index contributed by atoms with van der Waals surface area (Å²) in [6, 6.07) is 6.49. The number of hydrogen-bond acceptors (Lipinski definition) is 3. The van der Waals surface area contributed by atoms with Crippen LogP contribution in [0.3, 0.4) is 0 Å². The van der Waals surface area contributed by atoms with Crippen LogP contribution in [0.4, 0.5) is 0 Å². The van der Waals surface area contributed by atoms with Crippen molar-refractivity contribution in [2.45, 2.75) is 17.9 Å². The molecule has 0 saturated heterocycles. The third-order valence-corrected chi connectivity index (χ3v) is 4.48. The average Bonchev–Trinajstić information content (AvgIpc) is 2.15. The van der Waals surface area contributed by atoms with E-state index in [0.29, 0.717) is 10.6 Å². The van der Waals surface area contributed by atoms with E-state index in [1.807, 2.05) is 0 Å². The first-order valence-electron chi connectivity index (χ1n) is 4.58. The highest BCUT2D eigenvalue weighted by Gasteiger charge is 2.25. The Morgan fingerprint density at radius 3 is 2.62 bits per heavy atom. The Kier molecular flexibility index (Phi) is 3.93. The van der Waals surface area contributed by atoms with Gasteiger partial charge < -0.3 is 5.73 Å². The van der Waals surface area contributed by atoms with Crippen LogP contribution in [0, 0.1) is 0 Å². The molecule has 16 heavy (non-hydrogen) atoms. The zero-order valence-electron chi connectivity index (χ0n) is 8.68. The summed E-state index contributed by atoms with van der Waals surface area (Å²) in [4.78, 5) is 10.8. The molecule has 1 aromatic rings. The third kappa shape index (κ3) is 3.21. The monoisotopic (exact) mass is 261 g/mol. The van der Waals surface area contributed by atoms with E-state index in [1.54, 1.807) is 24.3 Å². The molecule has 6 heteroatoms. The number of rotatable bonds is 4. The maximum absolute atomic E-state index is 11.7. The lowest BCUT2D eigenvalue weighted by Crippen LogP contribution is -2.33. The van der Waals surface area contributed by atoms with Crippen LogP contribution in [-0.2, 0) is 20.4 Å². The van der Waals surface area contributed by atoms with E-state index in [-0.39, 0.29) is 5.75 Å². The molecule has 1 rings (SSSR count). The molecule has 0 fully saturated rings. The molecule has 0 heterocycles. The van der Waals surface area contributed by atoms with Crippen LogP contribution < -0.4 is 5.73 Å². The largest absolute Gasteiger partial charge is 0.369 e. The van der Waals surface area contributed by atoms with E-state index in [0.717, 1.165) is 0 Å². The number of benzene rings is 1. The minimum atomic E-state index is -3.56. The van der Waals surface area contributed by atoms with Gasteiger partial charge in [-0.3, -0.25) is 4.79 Å². The van der Waals surface area contributed by atoms with Gasteiger partial charge in [-0.2, -0.15) is 0 Å². The molecule has 0 unspecified atom stereocenters. The predicted molar refractivity (Wildman–Crippen MR) is 62.7 cm³/mol. The topological polar surface area (TPSA) is 77.2 Å². The Morgan fingerprint density at radius 1 is 1.50 bits per heavy atom. The molecule has 88 valence electrons. The van der Waals surface area contributed by atoms with Crippen LogP contribution in [-0.4, -0.2) is 19.6 Å². The van der Waals surface area contributed by atoms with E-state index in [9.17, 15) is 13.2 Å². The highest BCUT2D eigenvalue weighted by Crippen LogP contribution is 2.15. The lowest BCUT2D eigenvalue weighted by molar-refractivity contribution is -0.117. The van der Waals surface area contributed by atoms with Gasteiger partial charge >= 0.3 is 0 Å². The molecule has 0 aliphatic rings. The van der Waals surface area contributed by atoms with Crippen molar-refractivity contribution in [1.82, 2.24) is 0 Å². The van der Waals surface area contributed by atoms with Crippen molar-refractivity contribution in [3.05, 3.63) is 34.9 Å². The number of primary amides is 1. The number of halogens is 1. The summed E-state index contributed by atoms with van der Waals surface area (Å²) >= 11 is 5.73. The molecule has 0 aromatic heterocycles. The number of nitrogens with two attached hydrogens (primary N) is 1. The molecule has 1 aromatic carbocycles. The molecule has 0 aliphatic carbocycles. The van der Waals surface area contributed by atoms with E-state index < -0.39 is 21.0 Å². The van der Waals surface area contributed by atoms with Crippen molar-refractivity contribution >= 4 is 27.3 Å². The first kappa shape index (κ1) is 13.0. The van der Waals surface area contributed by atoms with Crippen LogP contribution in [0.15, 0.2) is 24.3 Å². The second-order valence-electron chi connectivity index (χ2n) is 3.48. The number of carbonyl (C=O) groups excluding carboxylic acids is 1. The molecule has 0 radical (unpaired) electrons. The molecule has 2 N–H and O–H groups in total. The highest BCUT2D eigenvalue weighted by atomic mass is 35.5. The summed E-state index contributed by atoms with van der Waals surface area (Å²) in [5.74, 6) is -1.08. The first-order valence-corrected chi connectivity index (χ1v) is 6.67. The maximum Gasteiger partial charge on any atom is 0.235 e. The molecule has 0 bridgehead atoms. The smallest absolute Gasteiger partial charge is 0.235 e. The van der Waals surface area contributed by atoms with Gasteiger partial charge in [0.2, 0.25) is 5.91 Å². The van der Waals surface area contributed by atoms with Crippen molar-refractivity contribution < 1.29 is 13.2 Å². The lowest BCUT2D eigenvalue weighted by atomic mass is 10.2. The molecule has 4 nitrogen and oxygen atoms in total. The number of hydrogen-bond donors (Lipinski definition) is 1. The molecule has 0 aliphatic heterocycles. The van der Waals surface area contributed by atoms with Crippen molar-refractivity contribution in [1.29, 1.82) is 0 Å². The van der Waals surface area contributed by atoms with Crippen molar-refractivity contribution in [3.63, 3.8) is 0 Å². The van der Waals surface area contributed by atoms with E-state index in [2.05, 4.69) is 0 Å². The number of carbonyl (C=O) groups is 1. The van der Waals surface area contributed by atoms with Gasteiger partial charge in [-0.1, -0.05) is 23.7 Å². The summed E-state index contributed by atoms with van der Waals surface area (Å²) in [6.45, 7) is 1.28. The minimum absolute atomic E-state index is 0.238. The minimum Gasteiger partial charge on any atom is -0.369 e. The second kappa shape index (κ2) is 4.84.